The van der Waals surface area contributed by atoms with Crippen molar-refractivity contribution in [3.05, 3.63) is 11.6 Å². The van der Waals surface area contributed by atoms with Crippen molar-refractivity contribution in [2.45, 2.75) is 112 Å². The Morgan fingerprint density at radius 1 is 0.825 bits per heavy atom. The lowest BCUT2D eigenvalue weighted by molar-refractivity contribution is -0.222. The Morgan fingerprint density at radius 3 is 2.12 bits per heavy atom. The number of methoxy groups -OCH3 is 2. The van der Waals surface area contributed by atoms with Gasteiger partial charge >= 0.3 is 17.9 Å². The molecule has 5 aliphatic rings. The van der Waals surface area contributed by atoms with Crippen LogP contribution in [0.15, 0.2) is 11.6 Å². The molecule has 224 valence electrons. The van der Waals surface area contributed by atoms with Crippen molar-refractivity contribution in [3.63, 3.8) is 0 Å². The van der Waals surface area contributed by atoms with Gasteiger partial charge in [-0.2, -0.15) is 0 Å². The van der Waals surface area contributed by atoms with Crippen molar-refractivity contribution in [2.75, 3.05) is 14.2 Å². The van der Waals surface area contributed by atoms with Gasteiger partial charge in [-0.1, -0.05) is 53.2 Å². The topological polar surface area (TPSA) is 78.9 Å². The van der Waals surface area contributed by atoms with Gasteiger partial charge in [0.2, 0.25) is 0 Å². The first-order chi connectivity index (χ1) is 18.7. The molecule has 0 heterocycles. The lowest BCUT2D eigenvalue weighted by atomic mass is 9.33. The van der Waals surface area contributed by atoms with E-state index in [0.717, 1.165) is 44.9 Å². The minimum absolute atomic E-state index is 0.00143. The summed E-state index contributed by atoms with van der Waals surface area (Å²) in [5.41, 5.74) is -0.589. The van der Waals surface area contributed by atoms with E-state index in [1.54, 1.807) is 0 Å². The predicted octanol–water partition coefficient (Wildman–Crippen LogP) is 6.90. The third-order valence-corrected chi connectivity index (χ3v) is 13.8. The van der Waals surface area contributed by atoms with Crippen LogP contribution >= 0.6 is 0 Å². The van der Waals surface area contributed by atoms with E-state index in [0.29, 0.717) is 30.6 Å². The SMILES string of the molecule is COC(=O)C12CCC(C)C(C)C1C1=CCC3C4(C)CCC(OC(C)=O)C(C)(C)C4CCC3(C)C1(C(=O)OC)CC2. The van der Waals surface area contributed by atoms with Gasteiger partial charge in [0.1, 0.15) is 6.10 Å². The normalized spacial score (nSPS) is 47.3. The Kier molecular flexibility index (Phi) is 7.11. The largest absolute Gasteiger partial charge is 0.469 e. The van der Waals surface area contributed by atoms with Gasteiger partial charge in [0.05, 0.1) is 25.0 Å². The van der Waals surface area contributed by atoms with Gasteiger partial charge in [0.15, 0.2) is 0 Å². The zero-order valence-corrected chi connectivity index (χ0v) is 26.4. The van der Waals surface area contributed by atoms with Crippen LogP contribution in [0.3, 0.4) is 0 Å². The summed E-state index contributed by atoms with van der Waals surface area (Å²) in [5.74, 6) is 0.962. The second-order valence-electron chi connectivity index (χ2n) is 15.3. The van der Waals surface area contributed by atoms with Gasteiger partial charge in [-0.05, 0) is 98.2 Å². The second-order valence-corrected chi connectivity index (χ2v) is 15.3. The van der Waals surface area contributed by atoms with Gasteiger partial charge in [0, 0.05) is 12.3 Å². The van der Waals surface area contributed by atoms with Gasteiger partial charge in [0.25, 0.3) is 0 Å². The second kappa shape index (κ2) is 9.59. The van der Waals surface area contributed by atoms with Crippen LogP contribution in [0.4, 0.5) is 0 Å². The standard InChI is InChI=1S/C34H52O6/c1-20-12-17-33(28(36)38-8)18-19-34(29(37)39-9)23(27(33)21(20)2)10-11-25-31(6)15-14-26(40-22(3)35)30(4,5)24(31)13-16-32(25,34)7/h10,20-21,24-27H,11-19H2,1-9H3. The van der Waals surface area contributed by atoms with Crippen LogP contribution in [0, 0.1) is 56.7 Å². The average molecular weight is 557 g/mol. The highest BCUT2D eigenvalue weighted by molar-refractivity contribution is 5.86. The van der Waals surface area contributed by atoms with Crippen molar-refractivity contribution >= 4 is 17.9 Å². The molecule has 6 nitrogen and oxygen atoms in total. The molecule has 5 aliphatic carbocycles. The number of ether oxygens (including phenoxy) is 3. The first-order valence-electron chi connectivity index (χ1n) is 15.7. The monoisotopic (exact) mass is 556 g/mol. The molecule has 0 amide bonds. The molecule has 0 aliphatic heterocycles. The molecule has 0 saturated heterocycles. The third kappa shape index (κ3) is 3.62. The summed E-state index contributed by atoms with van der Waals surface area (Å²) in [6, 6.07) is 0. The summed E-state index contributed by atoms with van der Waals surface area (Å²) in [5, 5.41) is 0. The Hall–Kier alpha value is -1.85. The Balaban J connectivity index is 1.65. The van der Waals surface area contributed by atoms with E-state index in [4.69, 9.17) is 14.2 Å². The number of hydrogen-bond donors (Lipinski definition) is 0. The summed E-state index contributed by atoms with van der Waals surface area (Å²) < 4.78 is 17.1. The third-order valence-electron chi connectivity index (χ3n) is 13.8. The number of carbonyl (C=O) groups is 3. The molecule has 40 heavy (non-hydrogen) atoms. The van der Waals surface area contributed by atoms with Crippen LogP contribution < -0.4 is 0 Å². The molecule has 0 radical (unpaired) electrons. The average Bonchev–Trinajstić information content (AvgIpc) is 2.90. The van der Waals surface area contributed by atoms with E-state index in [-0.39, 0.29) is 52.1 Å². The molecule has 0 spiro atoms. The fraction of sp³-hybridized carbons (Fsp3) is 0.853. The van der Waals surface area contributed by atoms with Crippen LogP contribution in [0.2, 0.25) is 0 Å². The minimum atomic E-state index is -0.747. The molecule has 10 unspecified atom stereocenters. The number of fused-ring (bicyclic) bond motifs is 7. The summed E-state index contributed by atoms with van der Waals surface area (Å²) in [4.78, 5) is 39.9. The van der Waals surface area contributed by atoms with Crippen molar-refractivity contribution in [1.82, 2.24) is 0 Å². The number of esters is 3. The number of rotatable bonds is 3. The predicted molar refractivity (Wildman–Crippen MR) is 153 cm³/mol. The fourth-order valence-corrected chi connectivity index (χ4v) is 11.7. The van der Waals surface area contributed by atoms with Crippen molar-refractivity contribution < 1.29 is 28.6 Å². The summed E-state index contributed by atoms with van der Waals surface area (Å²) in [6.45, 7) is 15.5. The first-order valence-corrected chi connectivity index (χ1v) is 15.7. The molecule has 0 N–H and O–H groups in total. The Bertz CT molecular complexity index is 1110. The summed E-state index contributed by atoms with van der Waals surface area (Å²) in [6.07, 6.45) is 10.0. The zero-order valence-electron chi connectivity index (χ0n) is 26.4. The van der Waals surface area contributed by atoms with Crippen LogP contribution in [0.1, 0.15) is 106 Å². The molecule has 0 aromatic rings. The van der Waals surface area contributed by atoms with Crippen LogP contribution in [0.25, 0.3) is 0 Å². The number of allylic oxidation sites excluding steroid dienone is 1. The van der Waals surface area contributed by atoms with Gasteiger partial charge in [-0.3, -0.25) is 14.4 Å². The zero-order chi connectivity index (χ0) is 29.5. The summed E-state index contributed by atoms with van der Waals surface area (Å²) in [7, 11) is 3.05. The number of hydrogen-bond acceptors (Lipinski definition) is 6. The highest BCUT2D eigenvalue weighted by Gasteiger charge is 2.73. The Morgan fingerprint density at radius 2 is 1.50 bits per heavy atom. The van der Waals surface area contributed by atoms with E-state index >= 15 is 0 Å². The van der Waals surface area contributed by atoms with Crippen molar-refractivity contribution in [1.29, 1.82) is 0 Å². The highest BCUT2D eigenvalue weighted by Crippen LogP contribution is 2.76. The van der Waals surface area contributed by atoms with Gasteiger partial charge < -0.3 is 14.2 Å². The molecule has 5 rings (SSSR count). The molecule has 4 saturated carbocycles. The van der Waals surface area contributed by atoms with Crippen LogP contribution in [-0.2, 0) is 28.6 Å². The van der Waals surface area contributed by atoms with Gasteiger partial charge in [-0.15, -0.1) is 0 Å². The molecule has 0 aromatic carbocycles. The molecular formula is C34H52O6. The van der Waals surface area contributed by atoms with Crippen LogP contribution in [-0.4, -0.2) is 38.2 Å². The maximum absolute atomic E-state index is 14.3. The first kappa shape index (κ1) is 29.6. The molecule has 0 bridgehead atoms. The highest BCUT2D eigenvalue weighted by atomic mass is 16.5. The molecule has 6 heteroatoms. The molecule has 4 fully saturated rings. The van der Waals surface area contributed by atoms with Crippen molar-refractivity contribution in [2.24, 2.45) is 56.7 Å². The smallest absolute Gasteiger partial charge is 0.316 e. The quantitative estimate of drug-likeness (QED) is 0.214. The molecule has 0 aromatic heterocycles. The lowest BCUT2D eigenvalue weighted by Crippen LogP contribution is -2.68. The molecular weight excluding hydrogens is 504 g/mol. The Labute approximate surface area is 241 Å². The lowest BCUT2D eigenvalue weighted by Gasteiger charge is -2.70. The minimum Gasteiger partial charge on any atom is -0.469 e. The van der Waals surface area contributed by atoms with Crippen LogP contribution in [0.5, 0.6) is 0 Å². The van der Waals surface area contributed by atoms with E-state index < -0.39 is 10.8 Å². The van der Waals surface area contributed by atoms with E-state index in [1.165, 1.54) is 26.7 Å². The van der Waals surface area contributed by atoms with E-state index in [1.807, 2.05) is 0 Å². The maximum atomic E-state index is 14.3. The van der Waals surface area contributed by atoms with E-state index in [9.17, 15) is 14.4 Å². The summed E-state index contributed by atoms with van der Waals surface area (Å²) >= 11 is 0. The molecule has 10 atom stereocenters. The number of carbonyl (C=O) groups excluding carboxylic acids is 3. The van der Waals surface area contributed by atoms with E-state index in [2.05, 4.69) is 47.6 Å². The fourth-order valence-electron chi connectivity index (χ4n) is 11.7. The maximum Gasteiger partial charge on any atom is 0.316 e. The van der Waals surface area contributed by atoms with Gasteiger partial charge in [-0.25, -0.2) is 0 Å². The van der Waals surface area contributed by atoms with Crippen molar-refractivity contribution in [3.8, 4) is 0 Å².